The summed E-state index contributed by atoms with van der Waals surface area (Å²) in [5.74, 6) is 1.49. The molecule has 0 saturated carbocycles. The number of rotatable bonds is 4. The molecule has 0 bridgehead atoms. The van der Waals surface area contributed by atoms with Crippen LogP contribution >= 0.6 is 15.9 Å². The van der Waals surface area contributed by atoms with E-state index in [1.54, 1.807) is 0 Å². The van der Waals surface area contributed by atoms with Crippen LogP contribution in [-0.4, -0.2) is 9.97 Å². The molecule has 1 aromatic carbocycles. The number of H-pyrrole nitrogens is 1. The quantitative estimate of drug-likeness (QED) is 0.892. The molecule has 1 aromatic heterocycles. The summed E-state index contributed by atoms with van der Waals surface area (Å²) in [6, 6.07) is 9.64. The SMILES string of the molecule is CC(C)c1nc(NC(C)c2ccc(Br)cc2)cc(=O)[nH]1. The number of nitrogens with one attached hydrogen (secondary N) is 2. The van der Waals surface area contributed by atoms with E-state index in [-0.39, 0.29) is 17.5 Å². The number of benzene rings is 1. The monoisotopic (exact) mass is 335 g/mol. The van der Waals surface area contributed by atoms with Crippen molar-refractivity contribution in [2.24, 2.45) is 0 Å². The minimum absolute atomic E-state index is 0.0809. The number of aromatic nitrogens is 2. The highest BCUT2D eigenvalue weighted by Crippen LogP contribution is 2.20. The van der Waals surface area contributed by atoms with Crippen LogP contribution in [0.4, 0.5) is 5.82 Å². The molecular formula is C15H18BrN3O. The Kier molecular flexibility index (Phi) is 4.60. The van der Waals surface area contributed by atoms with Crippen LogP contribution in [0.3, 0.4) is 0 Å². The third kappa shape index (κ3) is 3.70. The van der Waals surface area contributed by atoms with Crippen LogP contribution in [0.1, 0.15) is 44.1 Å². The predicted octanol–water partition coefficient (Wildman–Crippen LogP) is 3.83. The standard InChI is InChI=1S/C15H18BrN3O/c1-9(2)15-18-13(8-14(20)19-15)17-10(3)11-4-6-12(16)7-5-11/h4-10H,1-3H3,(H2,17,18,19,20). The molecule has 1 heterocycles. The normalized spacial score (nSPS) is 12.4. The molecule has 1 unspecified atom stereocenters. The van der Waals surface area contributed by atoms with Gasteiger partial charge in [-0.25, -0.2) is 4.98 Å². The Bertz CT molecular complexity index is 634. The van der Waals surface area contributed by atoms with Gasteiger partial charge < -0.3 is 10.3 Å². The fraction of sp³-hybridized carbons (Fsp3) is 0.333. The highest BCUT2D eigenvalue weighted by Gasteiger charge is 2.09. The lowest BCUT2D eigenvalue weighted by atomic mass is 10.1. The van der Waals surface area contributed by atoms with Crippen molar-refractivity contribution in [3.63, 3.8) is 0 Å². The molecule has 5 heteroatoms. The largest absolute Gasteiger partial charge is 0.363 e. The molecule has 0 fully saturated rings. The first kappa shape index (κ1) is 14.8. The lowest BCUT2D eigenvalue weighted by Gasteiger charge is -2.16. The van der Waals surface area contributed by atoms with Crippen molar-refractivity contribution >= 4 is 21.7 Å². The summed E-state index contributed by atoms with van der Waals surface area (Å²) >= 11 is 3.42. The Morgan fingerprint density at radius 2 is 1.85 bits per heavy atom. The number of hydrogen-bond acceptors (Lipinski definition) is 3. The maximum atomic E-state index is 11.6. The summed E-state index contributed by atoms with van der Waals surface area (Å²) in [6.45, 7) is 6.04. The zero-order valence-electron chi connectivity index (χ0n) is 11.8. The summed E-state index contributed by atoms with van der Waals surface area (Å²) < 4.78 is 1.05. The van der Waals surface area contributed by atoms with Crippen molar-refractivity contribution in [2.75, 3.05) is 5.32 Å². The van der Waals surface area contributed by atoms with Gasteiger partial charge in [-0.15, -0.1) is 0 Å². The van der Waals surface area contributed by atoms with Gasteiger partial charge >= 0.3 is 0 Å². The number of anilines is 1. The molecule has 0 aliphatic rings. The van der Waals surface area contributed by atoms with Crippen LogP contribution in [0.15, 0.2) is 39.6 Å². The fourth-order valence-corrected chi connectivity index (χ4v) is 2.14. The Labute approximate surface area is 126 Å². The van der Waals surface area contributed by atoms with Gasteiger partial charge in [-0.2, -0.15) is 0 Å². The van der Waals surface area contributed by atoms with E-state index >= 15 is 0 Å². The molecule has 0 aliphatic carbocycles. The van der Waals surface area contributed by atoms with Crippen molar-refractivity contribution in [2.45, 2.75) is 32.7 Å². The van der Waals surface area contributed by atoms with Gasteiger partial charge in [0.15, 0.2) is 0 Å². The van der Waals surface area contributed by atoms with E-state index in [1.165, 1.54) is 6.07 Å². The van der Waals surface area contributed by atoms with Crippen LogP contribution in [0.2, 0.25) is 0 Å². The first-order chi connectivity index (χ1) is 9.45. The molecule has 2 N–H and O–H groups in total. The van der Waals surface area contributed by atoms with Crippen LogP contribution in [0.25, 0.3) is 0 Å². The van der Waals surface area contributed by atoms with Crippen LogP contribution in [0.5, 0.6) is 0 Å². The predicted molar refractivity (Wildman–Crippen MR) is 85.1 cm³/mol. The highest BCUT2D eigenvalue weighted by atomic mass is 79.9. The molecule has 0 radical (unpaired) electrons. The Balaban J connectivity index is 2.21. The molecule has 2 rings (SSSR count). The fourth-order valence-electron chi connectivity index (χ4n) is 1.88. The van der Waals surface area contributed by atoms with Crippen molar-refractivity contribution in [3.8, 4) is 0 Å². The van der Waals surface area contributed by atoms with Gasteiger partial charge in [-0.3, -0.25) is 4.79 Å². The molecule has 0 amide bonds. The van der Waals surface area contributed by atoms with E-state index < -0.39 is 0 Å². The van der Waals surface area contributed by atoms with Gasteiger partial charge in [0.05, 0.1) is 0 Å². The minimum atomic E-state index is -0.130. The number of halogens is 1. The maximum Gasteiger partial charge on any atom is 0.252 e. The van der Waals surface area contributed by atoms with Gasteiger partial charge in [0.1, 0.15) is 11.6 Å². The van der Waals surface area contributed by atoms with Gasteiger partial charge in [-0.1, -0.05) is 41.9 Å². The van der Waals surface area contributed by atoms with Crippen molar-refractivity contribution in [3.05, 3.63) is 56.5 Å². The van der Waals surface area contributed by atoms with Crippen molar-refractivity contribution in [1.82, 2.24) is 9.97 Å². The van der Waals surface area contributed by atoms with Crippen LogP contribution in [-0.2, 0) is 0 Å². The summed E-state index contributed by atoms with van der Waals surface area (Å²) in [5, 5.41) is 3.27. The summed E-state index contributed by atoms with van der Waals surface area (Å²) in [6.07, 6.45) is 0. The minimum Gasteiger partial charge on any atom is -0.363 e. The molecule has 2 aromatic rings. The zero-order valence-corrected chi connectivity index (χ0v) is 13.4. The molecule has 4 nitrogen and oxygen atoms in total. The second-order valence-electron chi connectivity index (χ2n) is 5.09. The van der Waals surface area contributed by atoms with Crippen molar-refractivity contribution in [1.29, 1.82) is 0 Å². The highest BCUT2D eigenvalue weighted by molar-refractivity contribution is 9.10. The first-order valence-corrected chi connectivity index (χ1v) is 7.38. The summed E-state index contributed by atoms with van der Waals surface area (Å²) in [5.41, 5.74) is 1.01. The first-order valence-electron chi connectivity index (χ1n) is 6.59. The number of aromatic amines is 1. The van der Waals surface area contributed by atoms with E-state index in [1.807, 2.05) is 45.0 Å². The average Bonchev–Trinajstić information content (AvgIpc) is 2.38. The van der Waals surface area contributed by atoms with E-state index in [0.29, 0.717) is 11.6 Å². The summed E-state index contributed by atoms with van der Waals surface area (Å²) in [7, 11) is 0. The van der Waals surface area contributed by atoms with E-state index in [0.717, 1.165) is 10.0 Å². The lowest BCUT2D eigenvalue weighted by Crippen LogP contribution is -2.16. The molecular weight excluding hydrogens is 318 g/mol. The molecule has 20 heavy (non-hydrogen) atoms. The molecule has 0 spiro atoms. The topological polar surface area (TPSA) is 57.8 Å². The summed E-state index contributed by atoms with van der Waals surface area (Å²) in [4.78, 5) is 18.8. The van der Waals surface area contributed by atoms with Crippen LogP contribution < -0.4 is 10.9 Å². The van der Waals surface area contributed by atoms with E-state index in [2.05, 4.69) is 31.2 Å². The molecule has 1 atom stereocenters. The van der Waals surface area contributed by atoms with Gasteiger partial charge in [0, 0.05) is 22.5 Å². The van der Waals surface area contributed by atoms with Gasteiger partial charge in [0.2, 0.25) is 0 Å². The third-order valence-corrected chi connectivity index (χ3v) is 3.57. The third-order valence-electron chi connectivity index (χ3n) is 3.04. The Hall–Kier alpha value is -1.62. The van der Waals surface area contributed by atoms with Crippen molar-refractivity contribution < 1.29 is 0 Å². The Morgan fingerprint density at radius 3 is 2.45 bits per heavy atom. The molecule has 0 saturated heterocycles. The Morgan fingerprint density at radius 1 is 1.20 bits per heavy atom. The zero-order chi connectivity index (χ0) is 14.7. The van der Waals surface area contributed by atoms with Crippen LogP contribution in [0, 0.1) is 0 Å². The number of hydrogen-bond donors (Lipinski definition) is 2. The van der Waals surface area contributed by atoms with Gasteiger partial charge in [0.25, 0.3) is 5.56 Å². The second kappa shape index (κ2) is 6.22. The lowest BCUT2D eigenvalue weighted by molar-refractivity contribution is 0.761. The molecule has 0 aliphatic heterocycles. The molecule has 106 valence electrons. The second-order valence-corrected chi connectivity index (χ2v) is 6.00. The number of nitrogens with zero attached hydrogens (tertiary/aromatic N) is 1. The van der Waals surface area contributed by atoms with Gasteiger partial charge in [-0.05, 0) is 24.6 Å². The van der Waals surface area contributed by atoms with E-state index in [9.17, 15) is 4.79 Å². The smallest absolute Gasteiger partial charge is 0.252 e. The van der Waals surface area contributed by atoms with E-state index in [4.69, 9.17) is 0 Å². The maximum absolute atomic E-state index is 11.6. The average molecular weight is 336 g/mol.